The Labute approximate surface area is 218 Å². The molecule has 2 aromatic carbocycles. The van der Waals surface area contributed by atoms with Crippen molar-refractivity contribution in [2.45, 2.75) is 50.7 Å². The number of carbonyl (C=O) groups excluding carboxylic acids is 2. The molecule has 2 saturated heterocycles. The highest BCUT2D eigenvalue weighted by molar-refractivity contribution is 6.08. The summed E-state index contributed by atoms with van der Waals surface area (Å²) in [5.74, 6) is 0.647. The molecule has 2 aliphatic heterocycles. The van der Waals surface area contributed by atoms with Crippen LogP contribution in [-0.4, -0.2) is 71.5 Å². The molecule has 7 heteroatoms. The van der Waals surface area contributed by atoms with Crippen LogP contribution in [0.15, 0.2) is 60.8 Å². The van der Waals surface area contributed by atoms with Crippen LogP contribution >= 0.6 is 0 Å². The molecule has 0 N–H and O–H groups in total. The van der Waals surface area contributed by atoms with Crippen LogP contribution < -0.4 is 9.64 Å². The second-order valence-electron chi connectivity index (χ2n) is 10.4. The summed E-state index contributed by atoms with van der Waals surface area (Å²) < 4.78 is 6.28. The first kappa shape index (κ1) is 23.9. The average Bonchev–Trinajstić information content (AvgIpc) is 3.48. The lowest BCUT2D eigenvalue weighted by molar-refractivity contribution is -0.120. The van der Waals surface area contributed by atoms with Gasteiger partial charge in [0.1, 0.15) is 18.4 Å². The zero-order valence-electron chi connectivity index (χ0n) is 21.2. The van der Waals surface area contributed by atoms with E-state index >= 15 is 0 Å². The van der Waals surface area contributed by atoms with Gasteiger partial charge in [0.25, 0.3) is 5.91 Å². The molecule has 0 atom stereocenters. The number of piperazine rings is 1. The lowest BCUT2D eigenvalue weighted by Gasteiger charge is -2.36. The zero-order valence-corrected chi connectivity index (χ0v) is 21.2. The van der Waals surface area contributed by atoms with Crippen molar-refractivity contribution in [2.75, 3.05) is 37.6 Å². The van der Waals surface area contributed by atoms with Crippen molar-refractivity contribution in [3.8, 4) is 5.75 Å². The van der Waals surface area contributed by atoms with Crippen LogP contribution in [0.2, 0.25) is 0 Å². The number of amides is 2. The fourth-order valence-corrected chi connectivity index (χ4v) is 6.10. The maximum atomic E-state index is 13.2. The summed E-state index contributed by atoms with van der Waals surface area (Å²) in [6.07, 6.45) is 9.58. The van der Waals surface area contributed by atoms with E-state index in [0.717, 1.165) is 54.3 Å². The molecule has 7 nitrogen and oxygen atoms in total. The van der Waals surface area contributed by atoms with Crippen LogP contribution in [0, 0.1) is 0 Å². The molecule has 0 bridgehead atoms. The van der Waals surface area contributed by atoms with E-state index in [1.807, 2.05) is 48.5 Å². The van der Waals surface area contributed by atoms with Gasteiger partial charge >= 0.3 is 0 Å². The molecule has 1 aromatic heterocycles. The Morgan fingerprint density at radius 1 is 0.865 bits per heavy atom. The predicted octanol–water partition coefficient (Wildman–Crippen LogP) is 4.51. The molecule has 1 saturated carbocycles. The third-order valence-electron chi connectivity index (χ3n) is 8.15. The number of aromatic nitrogens is 1. The van der Waals surface area contributed by atoms with Crippen molar-refractivity contribution in [2.24, 2.45) is 0 Å². The van der Waals surface area contributed by atoms with Gasteiger partial charge in [0.2, 0.25) is 5.91 Å². The fourth-order valence-electron chi connectivity index (χ4n) is 6.10. The van der Waals surface area contributed by atoms with E-state index in [2.05, 4.69) is 9.88 Å². The number of fused-ring (bicyclic) bond motifs is 1. The molecule has 1 aliphatic carbocycles. The number of ether oxygens (including phenoxy) is 1. The summed E-state index contributed by atoms with van der Waals surface area (Å²) in [7, 11) is 0. The maximum absolute atomic E-state index is 13.2. The number of benzene rings is 2. The topological polar surface area (TPSA) is 66.0 Å². The highest BCUT2D eigenvalue weighted by Gasteiger charge is 2.30. The Kier molecular flexibility index (Phi) is 6.79. The largest absolute Gasteiger partial charge is 0.490 e. The minimum absolute atomic E-state index is 0.0628. The lowest BCUT2D eigenvalue weighted by atomic mass is 10.0. The average molecular weight is 499 g/mol. The molecule has 3 aromatic rings. The minimum Gasteiger partial charge on any atom is -0.490 e. The second kappa shape index (κ2) is 10.5. The summed E-state index contributed by atoms with van der Waals surface area (Å²) in [6, 6.07) is 17.9. The number of carbonyl (C=O) groups is 2. The zero-order chi connectivity index (χ0) is 25.2. The molecule has 0 unspecified atom stereocenters. The van der Waals surface area contributed by atoms with Crippen LogP contribution in [0.25, 0.3) is 10.9 Å². The maximum Gasteiger partial charge on any atom is 0.255 e. The summed E-state index contributed by atoms with van der Waals surface area (Å²) in [5, 5.41) is 0.810. The minimum atomic E-state index is -0.130. The quantitative estimate of drug-likeness (QED) is 0.518. The highest BCUT2D eigenvalue weighted by Crippen LogP contribution is 2.29. The van der Waals surface area contributed by atoms with Crippen LogP contribution in [0.3, 0.4) is 0 Å². The molecule has 3 fully saturated rings. The monoisotopic (exact) mass is 498 g/mol. The molecular weight excluding hydrogens is 464 g/mol. The van der Waals surface area contributed by atoms with Crippen molar-refractivity contribution in [3.05, 3.63) is 66.4 Å². The lowest BCUT2D eigenvalue weighted by Crippen LogP contribution is -2.52. The van der Waals surface area contributed by atoms with Gasteiger partial charge < -0.3 is 19.4 Å². The first-order valence-corrected chi connectivity index (χ1v) is 13.6. The molecular formula is C30H34N4O3. The van der Waals surface area contributed by atoms with Crippen molar-refractivity contribution in [1.29, 1.82) is 0 Å². The van der Waals surface area contributed by atoms with E-state index in [4.69, 9.17) is 4.74 Å². The van der Waals surface area contributed by atoms with E-state index in [1.54, 1.807) is 22.1 Å². The van der Waals surface area contributed by atoms with Gasteiger partial charge in [0, 0.05) is 55.1 Å². The molecule has 3 aliphatic rings. The van der Waals surface area contributed by atoms with E-state index in [-0.39, 0.29) is 24.5 Å². The summed E-state index contributed by atoms with van der Waals surface area (Å²) in [4.78, 5) is 36.7. The first-order valence-electron chi connectivity index (χ1n) is 13.6. The Morgan fingerprint density at radius 3 is 2.41 bits per heavy atom. The van der Waals surface area contributed by atoms with Gasteiger partial charge in [0.15, 0.2) is 0 Å². The Morgan fingerprint density at radius 2 is 1.65 bits per heavy atom. The van der Waals surface area contributed by atoms with Gasteiger partial charge in [-0.3, -0.25) is 14.6 Å². The Balaban J connectivity index is 1.04. The van der Waals surface area contributed by atoms with E-state index in [0.29, 0.717) is 18.7 Å². The predicted molar refractivity (Wildman–Crippen MR) is 144 cm³/mol. The number of pyridine rings is 1. The van der Waals surface area contributed by atoms with Gasteiger partial charge in [-0.2, -0.15) is 0 Å². The number of hydrogen-bond donors (Lipinski definition) is 0. The van der Waals surface area contributed by atoms with Crippen LogP contribution in [-0.2, 0) is 4.79 Å². The molecule has 37 heavy (non-hydrogen) atoms. The Bertz CT molecular complexity index is 1260. The number of rotatable bonds is 5. The first-order chi connectivity index (χ1) is 18.2. The number of piperidine rings is 1. The molecule has 0 radical (unpaired) electrons. The second-order valence-corrected chi connectivity index (χ2v) is 10.4. The van der Waals surface area contributed by atoms with Crippen molar-refractivity contribution in [1.82, 2.24) is 14.8 Å². The van der Waals surface area contributed by atoms with Crippen molar-refractivity contribution >= 4 is 28.4 Å². The SMILES string of the molecule is O=C(c1cccc2ncccc12)N1CCN(c2ccc(OC3CCN(C4CCCC4)CC3)cc2)C(=O)C1. The van der Waals surface area contributed by atoms with Crippen molar-refractivity contribution < 1.29 is 14.3 Å². The summed E-state index contributed by atoms with van der Waals surface area (Å²) in [6.45, 7) is 3.26. The summed E-state index contributed by atoms with van der Waals surface area (Å²) >= 11 is 0. The summed E-state index contributed by atoms with van der Waals surface area (Å²) in [5.41, 5.74) is 2.21. The molecule has 3 heterocycles. The van der Waals surface area contributed by atoms with Crippen molar-refractivity contribution in [3.63, 3.8) is 0 Å². The normalized spacial score (nSPS) is 20.1. The molecule has 6 rings (SSSR count). The molecule has 0 spiro atoms. The highest BCUT2D eigenvalue weighted by atomic mass is 16.5. The third kappa shape index (κ3) is 5.05. The van der Waals surface area contributed by atoms with Crippen LogP contribution in [0.5, 0.6) is 5.75 Å². The van der Waals surface area contributed by atoms with E-state index < -0.39 is 0 Å². The smallest absolute Gasteiger partial charge is 0.255 e. The molecule has 192 valence electrons. The van der Waals surface area contributed by atoms with E-state index in [1.165, 1.54) is 25.7 Å². The Hall–Kier alpha value is -3.45. The number of nitrogens with zero attached hydrogens (tertiary/aromatic N) is 4. The standard InChI is InChI=1S/C30H34N4O3/c35-29-21-33(30(36)27-7-3-9-28-26(27)8-4-16-31-28)19-20-34(29)23-10-12-24(13-11-23)37-25-14-17-32(18-15-25)22-5-1-2-6-22/h3-4,7-13,16,22,25H,1-2,5-6,14-15,17-21H2. The molecule has 2 amide bonds. The van der Waals surface area contributed by atoms with Crippen LogP contribution in [0.1, 0.15) is 48.9 Å². The number of anilines is 1. The third-order valence-corrected chi connectivity index (χ3v) is 8.15. The van der Waals surface area contributed by atoms with E-state index in [9.17, 15) is 9.59 Å². The van der Waals surface area contributed by atoms with Crippen LogP contribution in [0.4, 0.5) is 5.69 Å². The van der Waals surface area contributed by atoms with Gasteiger partial charge in [-0.15, -0.1) is 0 Å². The number of hydrogen-bond acceptors (Lipinski definition) is 5. The van der Waals surface area contributed by atoms with Gasteiger partial charge in [-0.25, -0.2) is 0 Å². The fraction of sp³-hybridized carbons (Fsp3) is 0.433. The number of likely N-dealkylation sites (tertiary alicyclic amines) is 1. The van der Waals surface area contributed by atoms with Gasteiger partial charge in [0.05, 0.1) is 5.52 Å². The van der Waals surface area contributed by atoms with Gasteiger partial charge in [-0.1, -0.05) is 25.0 Å². The van der Waals surface area contributed by atoms with Gasteiger partial charge in [-0.05, 0) is 68.1 Å².